The molecule has 0 spiro atoms. The van der Waals surface area contributed by atoms with Crippen molar-refractivity contribution in [2.45, 2.75) is 69.8 Å². The van der Waals surface area contributed by atoms with E-state index in [0.717, 1.165) is 17.7 Å². The number of halogens is 3. The quantitative estimate of drug-likeness (QED) is 0.190. The number of benzene rings is 2. The predicted molar refractivity (Wildman–Crippen MR) is 161 cm³/mol. The minimum atomic E-state index is -4.52. The maximum absolute atomic E-state index is 13.5. The molecule has 0 aliphatic carbocycles. The Kier molecular flexibility index (Phi) is 12.1. The summed E-state index contributed by atoms with van der Waals surface area (Å²) in [5.74, 6) is -1.35. The Bertz CT molecular complexity index is 1300. The van der Waals surface area contributed by atoms with E-state index in [2.05, 4.69) is 5.32 Å². The van der Waals surface area contributed by atoms with Gasteiger partial charge in [0.15, 0.2) is 5.78 Å². The molecule has 1 aliphatic rings. The molecule has 0 bridgehead atoms. The van der Waals surface area contributed by atoms with E-state index in [-0.39, 0.29) is 44.7 Å². The Morgan fingerprint density at radius 2 is 1.68 bits per heavy atom. The predicted octanol–water partition coefficient (Wildman–Crippen LogP) is 0.437. The zero-order chi connectivity index (χ0) is 32.7. The molecule has 2 atom stereocenters. The van der Waals surface area contributed by atoms with Crippen LogP contribution in [-0.4, -0.2) is 78.5 Å². The van der Waals surface area contributed by atoms with Crippen molar-refractivity contribution >= 4 is 30.2 Å². The van der Waals surface area contributed by atoms with Gasteiger partial charge in [-0.1, -0.05) is 30.3 Å². The summed E-state index contributed by atoms with van der Waals surface area (Å²) >= 11 is 0. The monoisotopic (exact) mass is 619 g/mol. The van der Waals surface area contributed by atoms with E-state index < -0.39 is 48.2 Å². The Balaban J connectivity index is 1.76. The van der Waals surface area contributed by atoms with Gasteiger partial charge in [-0.25, -0.2) is 0 Å². The van der Waals surface area contributed by atoms with Gasteiger partial charge in [-0.05, 0) is 67.4 Å². The van der Waals surface area contributed by atoms with E-state index in [1.54, 1.807) is 12.1 Å². The molecule has 2 amide bonds. The highest BCUT2D eigenvalue weighted by Crippen LogP contribution is 2.29. The van der Waals surface area contributed by atoms with Crippen molar-refractivity contribution in [3.05, 3.63) is 64.7 Å². The van der Waals surface area contributed by atoms with Gasteiger partial charge in [-0.2, -0.15) is 13.2 Å². The third-order valence-electron chi connectivity index (χ3n) is 7.48. The van der Waals surface area contributed by atoms with Crippen molar-refractivity contribution in [1.82, 2.24) is 10.2 Å². The summed E-state index contributed by atoms with van der Waals surface area (Å²) in [6, 6.07) is 7.34. The Labute approximate surface area is 255 Å². The first-order valence-electron chi connectivity index (χ1n) is 14.5. The third kappa shape index (κ3) is 9.86. The molecule has 0 fully saturated rings. The number of fused-ring (bicyclic) bond motifs is 1. The van der Waals surface area contributed by atoms with Crippen LogP contribution in [0, 0.1) is 0 Å². The van der Waals surface area contributed by atoms with Gasteiger partial charge in [-0.3, -0.25) is 14.4 Å². The average Bonchev–Trinajstić information content (AvgIpc) is 2.94. The number of ketones is 1. The van der Waals surface area contributed by atoms with Gasteiger partial charge in [0.2, 0.25) is 11.8 Å². The number of alkyl halides is 3. The lowest BCUT2D eigenvalue weighted by atomic mass is 9.69. The van der Waals surface area contributed by atoms with Crippen molar-refractivity contribution in [2.75, 3.05) is 26.2 Å². The number of amides is 2. The van der Waals surface area contributed by atoms with Gasteiger partial charge < -0.3 is 37.1 Å². The smallest absolute Gasteiger partial charge is 0.423 e. The van der Waals surface area contributed by atoms with E-state index in [4.69, 9.17) is 21.9 Å². The molecule has 0 saturated carbocycles. The normalized spacial score (nSPS) is 15.7. The molecule has 8 N–H and O–H groups in total. The third-order valence-corrected chi connectivity index (χ3v) is 7.48. The number of carbonyl (C=O) groups is 3. The van der Waals surface area contributed by atoms with Gasteiger partial charge in [0.1, 0.15) is 0 Å². The molecule has 10 nitrogen and oxygen atoms in total. The summed E-state index contributed by atoms with van der Waals surface area (Å²) in [5, 5.41) is 13.1. The second-order valence-corrected chi connectivity index (χ2v) is 11.6. The van der Waals surface area contributed by atoms with Crippen LogP contribution in [0.2, 0.25) is 0 Å². The van der Waals surface area contributed by atoms with E-state index in [1.807, 2.05) is 19.9 Å². The zero-order valence-electron chi connectivity index (χ0n) is 25.0. The van der Waals surface area contributed by atoms with E-state index in [1.165, 1.54) is 17.0 Å². The van der Waals surface area contributed by atoms with Crippen molar-refractivity contribution in [3.63, 3.8) is 0 Å². The Hall–Kier alpha value is -3.30. The van der Waals surface area contributed by atoms with Gasteiger partial charge >= 0.3 is 13.3 Å². The number of Topliss-reactive ketones (excluding diaryl/α,β-unsaturated/α-hetero) is 1. The second-order valence-electron chi connectivity index (χ2n) is 11.6. The molecule has 2 aromatic rings. The maximum atomic E-state index is 13.5. The number of rotatable bonds is 14. The van der Waals surface area contributed by atoms with Crippen LogP contribution in [-0.2, 0) is 44.5 Å². The van der Waals surface area contributed by atoms with Crippen molar-refractivity contribution in [2.24, 2.45) is 17.2 Å². The summed E-state index contributed by atoms with van der Waals surface area (Å²) in [6.07, 6.45) is -4.21. The van der Waals surface area contributed by atoms with Crippen LogP contribution in [0.15, 0.2) is 42.5 Å². The fraction of sp³-hybridized carbons (Fsp3) is 0.500. The van der Waals surface area contributed by atoms with Crippen molar-refractivity contribution < 1.29 is 37.2 Å². The molecule has 3 rings (SSSR count). The summed E-state index contributed by atoms with van der Waals surface area (Å²) < 4.78 is 44.9. The van der Waals surface area contributed by atoms with E-state index in [9.17, 15) is 32.6 Å². The van der Waals surface area contributed by atoms with Gasteiger partial charge in [0.25, 0.3) is 0 Å². The van der Waals surface area contributed by atoms with Crippen LogP contribution >= 0.6 is 0 Å². The first kappa shape index (κ1) is 35.2. The maximum Gasteiger partial charge on any atom is 0.491 e. The molecular weight excluding hydrogens is 578 g/mol. The molecule has 0 saturated heterocycles. The summed E-state index contributed by atoms with van der Waals surface area (Å²) in [4.78, 5) is 40.6. The molecule has 0 radical (unpaired) electrons. The molecule has 1 aliphatic heterocycles. The summed E-state index contributed by atoms with van der Waals surface area (Å²) in [5.41, 5.74) is 18.2. The van der Waals surface area contributed by atoms with Crippen molar-refractivity contribution in [3.8, 4) is 0 Å². The zero-order valence-corrected chi connectivity index (χ0v) is 25.0. The molecule has 1 heterocycles. The molecule has 14 heteroatoms. The highest BCUT2D eigenvalue weighted by molar-refractivity contribution is 6.61. The fourth-order valence-electron chi connectivity index (χ4n) is 5.17. The lowest BCUT2D eigenvalue weighted by Gasteiger charge is -2.34. The lowest BCUT2D eigenvalue weighted by molar-refractivity contribution is -0.137. The molecule has 240 valence electrons. The molecule has 44 heavy (non-hydrogen) atoms. The number of nitrogens with two attached hydrogens (primary N) is 3. The minimum Gasteiger partial charge on any atom is -0.423 e. The molecule has 0 unspecified atom stereocenters. The van der Waals surface area contributed by atoms with E-state index >= 15 is 0 Å². The number of nitrogens with one attached hydrogen (secondary N) is 1. The Morgan fingerprint density at radius 3 is 2.27 bits per heavy atom. The molecule has 0 aromatic heterocycles. The van der Waals surface area contributed by atoms with Crippen molar-refractivity contribution in [1.29, 1.82) is 0 Å². The second kappa shape index (κ2) is 15.1. The van der Waals surface area contributed by atoms with Gasteiger partial charge in [0.05, 0.1) is 23.2 Å². The lowest BCUT2D eigenvalue weighted by Crippen LogP contribution is -2.51. The van der Waals surface area contributed by atoms with Crippen LogP contribution < -0.4 is 28.0 Å². The van der Waals surface area contributed by atoms with Crippen LogP contribution in [0.25, 0.3) is 0 Å². The van der Waals surface area contributed by atoms with Crippen LogP contribution in [0.5, 0.6) is 0 Å². The molecular formula is C30H41BF3N5O5. The minimum absolute atomic E-state index is 0.00341. The molecule has 2 aromatic carbocycles. The summed E-state index contributed by atoms with van der Waals surface area (Å²) in [7, 11) is -1.17. The highest BCUT2D eigenvalue weighted by atomic mass is 19.4. The fourth-order valence-corrected chi connectivity index (χ4v) is 5.17. The standard InChI is InChI=1S/C30H41BF3N5O5/c1-29(2)18-21-6-3-20(15-23(21)31(43)44-29)17-26(40)25(16-19-4-7-22(8-5-19)30(32,33)34)38-28(42)24(37)9-10-27(41)39(13-11-35)14-12-36/h3-8,15,24-25,43H,9-14,16-18,35-37H2,1-2H3,(H,38,42)/t24-,25+/m0/s1. The highest BCUT2D eigenvalue weighted by Gasteiger charge is 2.36. The van der Waals surface area contributed by atoms with Crippen LogP contribution in [0.4, 0.5) is 13.2 Å². The topological polar surface area (TPSA) is 174 Å². The number of carbonyl (C=O) groups excluding carboxylic acids is 3. The largest absolute Gasteiger partial charge is 0.491 e. The van der Waals surface area contributed by atoms with Crippen LogP contribution in [0.1, 0.15) is 48.9 Å². The van der Waals surface area contributed by atoms with Crippen LogP contribution in [0.3, 0.4) is 0 Å². The van der Waals surface area contributed by atoms with Gasteiger partial charge in [0, 0.05) is 39.0 Å². The number of hydrogen-bond acceptors (Lipinski definition) is 8. The average molecular weight is 619 g/mol. The first-order chi connectivity index (χ1) is 20.6. The SMILES string of the molecule is CC1(C)Cc2ccc(CC(=O)[C@@H](Cc3ccc(C(F)(F)F)cc3)NC(=O)[C@@H](N)CCC(=O)N(CCN)CCN)cc2B(O)O1. The van der Waals surface area contributed by atoms with Gasteiger partial charge in [-0.15, -0.1) is 0 Å². The first-order valence-corrected chi connectivity index (χ1v) is 14.5. The Morgan fingerprint density at radius 1 is 1.07 bits per heavy atom. The van der Waals surface area contributed by atoms with E-state index in [0.29, 0.717) is 36.1 Å². The summed E-state index contributed by atoms with van der Waals surface area (Å²) in [6.45, 7) is 4.85. The number of hydrogen-bond donors (Lipinski definition) is 5. The number of nitrogens with zero attached hydrogens (tertiary/aromatic N) is 1.